The van der Waals surface area contributed by atoms with Crippen molar-refractivity contribution in [3.63, 3.8) is 0 Å². The van der Waals surface area contributed by atoms with Crippen molar-refractivity contribution >= 4 is 17.6 Å². The first-order chi connectivity index (χ1) is 9.61. The van der Waals surface area contributed by atoms with Crippen molar-refractivity contribution in [3.8, 4) is 0 Å². The van der Waals surface area contributed by atoms with Crippen molar-refractivity contribution in [2.45, 2.75) is 6.92 Å². The number of anilines is 1. The first-order valence-corrected chi connectivity index (χ1v) is 6.03. The molecular weight excluding hydrogens is 256 g/mol. The highest BCUT2D eigenvalue weighted by molar-refractivity contribution is 6.04. The Balaban J connectivity index is 2.13. The Hall–Kier alpha value is -2.69. The van der Waals surface area contributed by atoms with Crippen LogP contribution in [0.2, 0.25) is 0 Å². The van der Waals surface area contributed by atoms with Gasteiger partial charge in [0.2, 0.25) is 0 Å². The topological polar surface area (TPSA) is 68.3 Å². The van der Waals surface area contributed by atoms with Gasteiger partial charge in [-0.05, 0) is 42.8 Å². The Morgan fingerprint density at radius 1 is 1.15 bits per heavy atom. The highest BCUT2D eigenvalue weighted by Crippen LogP contribution is 2.12. The van der Waals surface area contributed by atoms with Crippen molar-refractivity contribution in [1.29, 1.82) is 0 Å². The third kappa shape index (κ3) is 3.00. The number of aromatic nitrogens is 1. The molecule has 1 amide bonds. The largest absolute Gasteiger partial charge is 0.465 e. The number of nitrogens with one attached hydrogen (secondary N) is 1. The van der Waals surface area contributed by atoms with Crippen molar-refractivity contribution in [1.82, 2.24) is 4.98 Å². The molecule has 0 bridgehead atoms. The van der Waals surface area contributed by atoms with E-state index in [0.717, 1.165) is 5.56 Å². The van der Waals surface area contributed by atoms with Gasteiger partial charge in [-0.2, -0.15) is 0 Å². The monoisotopic (exact) mass is 270 g/mol. The fraction of sp³-hybridized carbons (Fsp3) is 0.133. The average Bonchev–Trinajstić information content (AvgIpc) is 2.47. The van der Waals surface area contributed by atoms with Gasteiger partial charge in [0.25, 0.3) is 5.91 Å². The number of amides is 1. The summed E-state index contributed by atoms with van der Waals surface area (Å²) in [5, 5.41) is 2.73. The standard InChI is InChI=1S/C15H14N2O3/c1-10-4-3-9-16-13(10)14(18)17-12-7-5-11(6-8-12)15(19)20-2/h3-9H,1-2H3,(H,17,18). The van der Waals surface area contributed by atoms with Crippen LogP contribution in [-0.2, 0) is 4.74 Å². The number of carbonyl (C=O) groups is 2. The zero-order valence-corrected chi connectivity index (χ0v) is 11.2. The molecule has 20 heavy (non-hydrogen) atoms. The van der Waals surface area contributed by atoms with E-state index in [1.54, 1.807) is 36.5 Å². The molecule has 5 nitrogen and oxygen atoms in total. The molecule has 2 rings (SSSR count). The van der Waals surface area contributed by atoms with Gasteiger partial charge in [0.1, 0.15) is 5.69 Å². The van der Waals surface area contributed by atoms with Crippen molar-refractivity contribution in [3.05, 3.63) is 59.4 Å². The van der Waals surface area contributed by atoms with E-state index in [-0.39, 0.29) is 5.91 Å². The summed E-state index contributed by atoms with van der Waals surface area (Å²) in [5.74, 6) is -0.697. The minimum Gasteiger partial charge on any atom is -0.465 e. The Morgan fingerprint density at radius 2 is 1.85 bits per heavy atom. The summed E-state index contributed by atoms with van der Waals surface area (Å²) in [7, 11) is 1.32. The van der Waals surface area contributed by atoms with Crippen LogP contribution in [0.15, 0.2) is 42.6 Å². The van der Waals surface area contributed by atoms with Crippen LogP contribution < -0.4 is 5.32 Å². The predicted molar refractivity (Wildman–Crippen MR) is 74.7 cm³/mol. The van der Waals surface area contributed by atoms with E-state index >= 15 is 0 Å². The van der Waals surface area contributed by atoms with E-state index in [4.69, 9.17) is 0 Å². The third-order valence-corrected chi connectivity index (χ3v) is 2.79. The van der Waals surface area contributed by atoms with Crippen LogP contribution in [0.1, 0.15) is 26.4 Å². The maximum atomic E-state index is 12.0. The van der Waals surface area contributed by atoms with E-state index in [1.165, 1.54) is 7.11 Å². The molecule has 0 saturated carbocycles. The van der Waals surface area contributed by atoms with Gasteiger partial charge in [0.15, 0.2) is 0 Å². The number of carbonyl (C=O) groups excluding carboxylic acids is 2. The summed E-state index contributed by atoms with van der Waals surface area (Å²) < 4.78 is 4.61. The van der Waals surface area contributed by atoms with Crippen molar-refractivity contribution in [2.24, 2.45) is 0 Å². The Morgan fingerprint density at radius 3 is 2.45 bits per heavy atom. The summed E-state index contributed by atoms with van der Waals surface area (Å²) >= 11 is 0. The van der Waals surface area contributed by atoms with Crippen LogP contribution in [0, 0.1) is 6.92 Å². The number of hydrogen-bond donors (Lipinski definition) is 1. The zero-order chi connectivity index (χ0) is 14.5. The Labute approximate surface area is 116 Å². The number of rotatable bonds is 3. The van der Waals surface area contributed by atoms with Gasteiger partial charge in [-0.15, -0.1) is 0 Å². The minimum atomic E-state index is -0.413. The second-order valence-corrected chi connectivity index (χ2v) is 4.19. The van der Waals surface area contributed by atoms with Crippen LogP contribution in [0.25, 0.3) is 0 Å². The van der Waals surface area contributed by atoms with E-state index in [0.29, 0.717) is 16.9 Å². The maximum Gasteiger partial charge on any atom is 0.337 e. The SMILES string of the molecule is COC(=O)c1ccc(NC(=O)c2ncccc2C)cc1. The predicted octanol–water partition coefficient (Wildman–Crippen LogP) is 2.43. The highest BCUT2D eigenvalue weighted by Gasteiger charge is 2.11. The number of hydrogen-bond acceptors (Lipinski definition) is 4. The second kappa shape index (κ2) is 5.97. The zero-order valence-electron chi connectivity index (χ0n) is 11.2. The van der Waals surface area contributed by atoms with Crippen LogP contribution in [-0.4, -0.2) is 24.0 Å². The number of aryl methyl sites for hydroxylation is 1. The maximum absolute atomic E-state index is 12.0. The smallest absolute Gasteiger partial charge is 0.337 e. The molecule has 0 aliphatic heterocycles. The van der Waals surface area contributed by atoms with Gasteiger partial charge in [0.05, 0.1) is 12.7 Å². The van der Waals surface area contributed by atoms with Gasteiger partial charge in [-0.1, -0.05) is 6.07 Å². The molecule has 1 aromatic carbocycles. The molecule has 5 heteroatoms. The van der Waals surface area contributed by atoms with Gasteiger partial charge in [-0.25, -0.2) is 4.79 Å². The summed E-state index contributed by atoms with van der Waals surface area (Å²) in [6, 6.07) is 10.1. The Bertz CT molecular complexity index is 636. The molecule has 0 aliphatic rings. The lowest BCUT2D eigenvalue weighted by molar-refractivity contribution is 0.0600. The molecular formula is C15H14N2O3. The molecule has 0 radical (unpaired) electrons. The van der Waals surface area contributed by atoms with Crippen LogP contribution in [0.4, 0.5) is 5.69 Å². The Kier molecular flexibility index (Phi) is 4.10. The number of ether oxygens (including phenoxy) is 1. The number of nitrogens with zero attached hydrogens (tertiary/aromatic N) is 1. The number of pyridine rings is 1. The lowest BCUT2D eigenvalue weighted by Crippen LogP contribution is -2.15. The quantitative estimate of drug-likeness (QED) is 0.870. The molecule has 0 saturated heterocycles. The molecule has 2 aromatic rings. The average molecular weight is 270 g/mol. The lowest BCUT2D eigenvalue weighted by Gasteiger charge is -2.07. The van der Waals surface area contributed by atoms with Crippen LogP contribution in [0.3, 0.4) is 0 Å². The van der Waals surface area contributed by atoms with E-state index in [9.17, 15) is 9.59 Å². The highest BCUT2D eigenvalue weighted by atomic mass is 16.5. The van der Waals surface area contributed by atoms with Gasteiger partial charge in [0, 0.05) is 11.9 Å². The summed E-state index contributed by atoms with van der Waals surface area (Å²) in [6.07, 6.45) is 1.57. The summed E-state index contributed by atoms with van der Waals surface area (Å²) in [4.78, 5) is 27.4. The van der Waals surface area contributed by atoms with Crippen molar-refractivity contribution < 1.29 is 14.3 Å². The number of benzene rings is 1. The molecule has 0 spiro atoms. The minimum absolute atomic E-state index is 0.283. The molecule has 0 fully saturated rings. The number of esters is 1. The van der Waals surface area contributed by atoms with E-state index in [2.05, 4.69) is 15.0 Å². The second-order valence-electron chi connectivity index (χ2n) is 4.19. The molecule has 0 aliphatic carbocycles. The molecule has 1 heterocycles. The van der Waals surface area contributed by atoms with Crippen LogP contribution in [0.5, 0.6) is 0 Å². The summed E-state index contributed by atoms with van der Waals surface area (Å²) in [5.41, 5.74) is 2.20. The van der Waals surface area contributed by atoms with E-state index in [1.807, 2.05) is 13.0 Å². The molecule has 102 valence electrons. The lowest BCUT2D eigenvalue weighted by atomic mass is 10.2. The summed E-state index contributed by atoms with van der Waals surface area (Å²) in [6.45, 7) is 1.82. The van der Waals surface area contributed by atoms with Gasteiger partial charge in [-0.3, -0.25) is 9.78 Å². The first kappa shape index (κ1) is 13.7. The molecule has 0 atom stereocenters. The van der Waals surface area contributed by atoms with Crippen LogP contribution >= 0.6 is 0 Å². The molecule has 1 aromatic heterocycles. The van der Waals surface area contributed by atoms with Gasteiger partial charge >= 0.3 is 5.97 Å². The fourth-order valence-corrected chi connectivity index (χ4v) is 1.72. The normalized spacial score (nSPS) is 9.90. The fourth-order valence-electron chi connectivity index (χ4n) is 1.72. The molecule has 1 N–H and O–H groups in total. The molecule has 0 unspecified atom stereocenters. The number of methoxy groups -OCH3 is 1. The first-order valence-electron chi connectivity index (χ1n) is 6.03. The van der Waals surface area contributed by atoms with E-state index < -0.39 is 5.97 Å². The third-order valence-electron chi connectivity index (χ3n) is 2.79. The van der Waals surface area contributed by atoms with Gasteiger partial charge < -0.3 is 10.1 Å². The van der Waals surface area contributed by atoms with Crippen molar-refractivity contribution in [2.75, 3.05) is 12.4 Å².